The average Bonchev–Trinajstić information content (AvgIpc) is 1.55. The summed E-state index contributed by atoms with van der Waals surface area (Å²) >= 11 is 0. The summed E-state index contributed by atoms with van der Waals surface area (Å²) in [6.45, 7) is 4.79. The van der Waals surface area contributed by atoms with E-state index in [0.717, 1.165) is 101 Å². The fraction of sp³-hybridized carbons (Fsp3) is 0.0420. The van der Waals surface area contributed by atoms with Crippen molar-refractivity contribution in [2.45, 2.75) is 20.3 Å². The lowest BCUT2D eigenvalue weighted by Gasteiger charge is -2.52. The molecule has 0 radical (unpaired) electrons. The molecule has 564 valence electrons. The largest absolute Gasteiger partial charge is 0.456 e. The molecule has 0 amide bonds. The Labute approximate surface area is 704 Å². The van der Waals surface area contributed by atoms with Crippen LogP contribution >= 0.6 is 0 Å². The Morgan fingerprint density at radius 2 is 0.793 bits per heavy atom. The summed E-state index contributed by atoms with van der Waals surface area (Å²) in [5, 5.41) is 2.13. The molecular formula is C119H77NO. The Kier molecular flexibility index (Phi) is 15.2. The summed E-state index contributed by atoms with van der Waals surface area (Å²) in [4.78, 5) is 2.78. The van der Waals surface area contributed by atoms with Gasteiger partial charge in [-0.25, -0.2) is 0 Å². The van der Waals surface area contributed by atoms with Gasteiger partial charge in [-0.2, -0.15) is 0 Å². The molecule has 0 saturated carbocycles. The van der Waals surface area contributed by atoms with Crippen LogP contribution in [0.15, 0.2) is 438 Å². The smallest absolute Gasteiger partial charge is 0.136 e. The third-order valence-electron chi connectivity index (χ3n) is 27.4. The molecule has 0 aliphatic heterocycles. The topological polar surface area (TPSA) is 16.4 Å². The van der Waals surface area contributed by atoms with Crippen molar-refractivity contribution in [3.05, 3.63) is 511 Å². The van der Waals surface area contributed by atoms with E-state index in [9.17, 15) is 0 Å². The Morgan fingerprint density at radius 1 is 0.306 bits per heavy atom. The van der Waals surface area contributed by atoms with E-state index in [1.54, 1.807) is 0 Å². The van der Waals surface area contributed by atoms with Crippen LogP contribution in [0.4, 0.5) is 11.4 Å². The fourth-order valence-electron chi connectivity index (χ4n) is 22.3. The minimum atomic E-state index is -1.16. The van der Waals surface area contributed by atoms with Crippen LogP contribution in [-0.4, -0.2) is 0 Å². The van der Waals surface area contributed by atoms with Crippen LogP contribution < -0.4 is 4.90 Å². The summed E-state index contributed by atoms with van der Waals surface area (Å²) < 4.78 is 6.97. The minimum Gasteiger partial charge on any atom is -0.456 e. The van der Waals surface area contributed by atoms with Gasteiger partial charge in [-0.3, -0.25) is 0 Å². The van der Waals surface area contributed by atoms with Crippen molar-refractivity contribution in [3.8, 4) is 66.8 Å². The Hall–Kier alpha value is -15.2. The van der Waals surface area contributed by atoms with Crippen molar-refractivity contribution in [2.75, 3.05) is 4.90 Å². The molecule has 0 fully saturated rings. The van der Waals surface area contributed by atoms with Crippen LogP contribution in [0.2, 0.25) is 0 Å². The molecule has 1 aromatic heterocycles. The number of hydrogen-bond donors (Lipinski definition) is 0. The molecule has 0 saturated heterocycles. The molecule has 0 bridgehead atoms. The zero-order valence-electron chi connectivity index (χ0n) is 66.9. The first kappa shape index (κ1) is 69.0. The van der Waals surface area contributed by atoms with Crippen molar-refractivity contribution in [1.29, 1.82) is 0 Å². The molecule has 15 aromatic carbocycles. The van der Waals surface area contributed by atoms with Crippen molar-refractivity contribution in [2.24, 2.45) is 10.8 Å². The van der Waals surface area contributed by atoms with E-state index in [4.69, 9.17) is 4.42 Å². The Balaban J connectivity index is 0.949. The number of para-hydroxylation sites is 3. The van der Waals surface area contributed by atoms with Gasteiger partial charge < -0.3 is 9.32 Å². The van der Waals surface area contributed by atoms with E-state index < -0.39 is 10.8 Å². The van der Waals surface area contributed by atoms with Gasteiger partial charge in [-0.15, -0.1) is 0 Å². The quantitative estimate of drug-likeness (QED) is 0.128. The van der Waals surface area contributed by atoms with Gasteiger partial charge >= 0.3 is 0 Å². The van der Waals surface area contributed by atoms with Crippen LogP contribution in [0.1, 0.15) is 77.9 Å². The number of nitrogens with zero attached hydrogens (tertiary/aromatic N) is 1. The number of rotatable bonds is 11. The molecule has 2 heteroatoms. The predicted octanol–water partition coefficient (Wildman–Crippen LogP) is 30.5. The lowest BCUT2D eigenvalue weighted by molar-refractivity contribution is 0.669. The first-order chi connectivity index (χ1) is 59.9. The van der Waals surface area contributed by atoms with Gasteiger partial charge in [-0.1, -0.05) is 364 Å². The van der Waals surface area contributed by atoms with Gasteiger partial charge in [0.15, 0.2) is 0 Å². The highest BCUT2D eigenvalue weighted by atomic mass is 16.3. The molecule has 121 heavy (non-hydrogen) atoms. The van der Waals surface area contributed by atoms with E-state index in [1.165, 1.54) is 156 Å². The molecule has 9 aliphatic rings. The predicted molar refractivity (Wildman–Crippen MR) is 506 cm³/mol. The molecule has 2 nitrogen and oxygen atoms in total. The van der Waals surface area contributed by atoms with Crippen molar-refractivity contribution in [3.63, 3.8) is 0 Å². The summed E-state index contributed by atoms with van der Waals surface area (Å²) in [5.74, 6) is 0. The molecule has 2 atom stereocenters. The highest BCUT2D eigenvalue weighted by Crippen LogP contribution is 2.74. The number of fused-ring (bicyclic) bond motifs is 22. The highest BCUT2D eigenvalue weighted by molar-refractivity contribution is 6.23. The SMILES string of the molecule is Cc1cc2c(c(-c3c(-c4ccccc4-c4ccccc4)ccc4c3C3=C(C5=C(c6ccccc6)C=C6C(=Cc7ccccc76)C56C=CC=C5C6=Cc6ccccc65)C(c5ccccc5)=C(N(c5ccccc5-c5ccccc5)c5ccccc5-c5cccc6oc7ccccc7c56)C5(C=CC=C6C5=Cc5ccccc56)C3=C4)c1C)Cc1ccccc1-2. The van der Waals surface area contributed by atoms with Gasteiger partial charge in [0, 0.05) is 27.5 Å². The monoisotopic (exact) mass is 1540 g/mol. The normalized spacial score (nSPS) is 17.6. The zero-order valence-corrected chi connectivity index (χ0v) is 66.9. The minimum absolute atomic E-state index is 0.781. The molecule has 9 aliphatic carbocycles. The lowest BCUT2D eigenvalue weighted by atomic mass is 9.53. The maximum Gasteiger partial charge on any atom is 0.136 e. The number of allylic oxidation sites excluding steroid dienone is 17. The number of hydrogen-bond acceptors (Lipinski definition) is 2. The van der Waals surface area contributed by atoms with E-state index >= 15 is 0 Å². The second-order valence-corrected chi connectivity index (χ2v) is 33.5. The number of benzene rings is 15. The summed E-state index contributed by atoms with van der Waals surface area (Å²) in [7, 11) is 0. The maximum atomic E-state index is 6.97. The van der Waals surface area contributed by atoms with Crippen LogP contribution in [-0.2, 0) is 6.42 Å². The van der Waals surface area contributed by atoms with Crippen molar-refractivity contribution < 1.29 is 4.42 Å². The van der Waals surface area contributed by atoms with Gasteiger partial charge in [0.2, 0.25) is 0 Å². The molecule has 2 unspecified atom stereocenters. The Bertz CT molecular complexity index is 7680. The second kappa shape index (κ2) is 26.7. The van der Waals surface area contributed by atoms with Crippen LogP contribution in [0, 0.1) is 24.7 Å². The van der Waals surface area contributed by atoms with Crippen molar-refractivity contribution in [1.82, 2.24) is 0 Å². The Morgan fingerprint density at radius 3 is 1.46 bits per heavy atom. The van der Waals surface area contributed by atoms with Gasteiger partial charge in [-0.05, 0) is 270 Å². The van der Waals surface area contributed by atoms with Gasteiger partial charge in [0.25, 0.3) is 0 Å². The first-order valence-electron chi connectivity index (χ1n) is 42.4. The molecule has 1 heterocycles. The number of anilines is 2. The van der Waals surface area contributed by atoms with Crippen LogP contribution in [0.25, 0.3) is 146 Å². The first-order valence-corrected chi connectivity index (χ1v) is 42.4. The van der Waals surface area contributed by atoms with Gasteiger partial charge in [0.1, 0.15) is 11.2 Å². The average molecular weight is 1540 g/mol. The number of furan rings is 1. The maximum absolute atomic E-state index is 6.97. The molecule has 25 rings (SSSR count). The summed E-state index contributed by atoms with van der Waals surface area (Å²) in [6, 6.07) is 133. The third kappa shape index (κ3) is 9.94. The van der Waals surface area contributed by atoms with Crippen LogP contribution in [0.5, 0.6) is 0 Å². The lowest BCUT2D eigenvalue weighted by Crippen LogP contribution is -2.41. The number of aryl methyl sites for hydroxylation is 1. The van der Waals surface area contributed by atoms with E-state index in [2.05, 4.69) is 437 Å². The van der Waals surface area contributed by atoms with E-state index in [0.29, 0.717) is 0 Å². The van der Waals surface area contributed by atoms with Gasteiger partial charge in [0.05, 0.1) is 27.9 Å². The highest BCUT2D eigenvalue weighted by Gasteiger charge is 2.59. The second-order valence-electron chi connectivity index (χ2n) is 33.5. The zero-order chi connectivity index (χ0) is 79.8. The van der Waals surface area contributed by atoms with E-state index in [1.807, 2.05) is 0 Å². The summed E-state index contributed by atoms with van der Waals surface area (Å²) in [5.41, 5.74) is 48.3. The third-order valence-corrected chi connectivity index (χ3v) is 27.4. The van der Waals surface area contributed by atoms with Crippen LogP contribution in [0.3, 0.4) is 0 Å². The molecule has 0 N–H and O–H groups in total. The molecule has 16 aromatic rings. The summed E-state index contributed by atoms with van der Waals surface area (Å²) in [6.07, 6.45) is 28.8. The molecular weight excluding hydrogens is 1460 g/mol. The fourth-order valence-corrected chi connectivity index (χ4v) is 22.3. The standard InChI is InChI=1S/C119H77NO/c1-73-66-98-87-49-21-15-42-79(87)67-100(98)109(74(73)2)113-95(90-52-24-23-46-84(90)75-34-7-3-8-35-75)63-62-83-71-104-114(110(83)113)115(116-97(77-38-11-5-12-39-77)72-99-88-50-22-18-45-82(88)70-103(99)118(116)64-32-56-91-85-47-19-16-43-80(85)68-101(91)118)111(78-40-13-6-14-41-78)117(119(104)65-33-57-92-86-48-20-17-44-81(86)69-102(92)119)120(105-58-28-25-51-89(105)76-36-9-4-10-37-76)106-59-29-26-53-93(106)94-55-31-61-108-112(94)96-54-27-30-60-107(96)121-108/h3-66,68-72H,67H2,1-2H3. The van der Waals surface area contributed by atoms with Crippen molar-refractivity contribution >= 4 is 91.1 Å². The van der Waals surface area contributed by atoms with E-state index in [-0.39, 0.29) is 0 Å². The molecule has 2 spiro atoms.